The largest absolute Gasteiger partial charge is 0.478 e. The van der Waals surface area contributed by atoms with E-state index in [-0.39, 0.29) is 28.9 Å². The normalized spacial score (nSPS) is 18.5. The summed E-state index contributed by atoms with van der Waals surface area (Å²) in [6.07, 6.45) is 2.55. The van der Waals surface area contributed by atoms with Crippen LogP contribution < -0.4 is 10.1 Å². The maximum Gasteiger partial charge on any atom is 0.387 e. The summed E-state index contributed by atoms with van der Waals surface area (Å²) in [6, 6.07) is 27.1. The summed E-state index contributed by atoms with van der Waals surface area (Å²) in [5.41, 5.74) is 3.79. The van der Waals surface area contributed by atoms with Crippen molar-refractivity contribution >= 4 is 11.9 Å². The third-order valence-corrected chi connectivity index (χ3v) is 8.84. The Hall–Kier alpha value is -4.50. The second kappa shape index (κ2) is 14.1. The van der Waals surface area contributed by atoms with Crippen molar-refractivity contribution in [1.29, 1.82) is 0 Å². The molecule has 0 aromatic heterocycles. The van der Waals surface area contributed by atoms with Crippen molar-refractivity contribution in [1.82, 2.24) is 10.2 Å². The average molecular weight is 617 g/mol. The molecular formula is C36H38F2N2O5. The molecule has 0 aliphatic carbocycles. The second-order valence-electron chi connectivity index (χ2n) is 11.5. The number of hydrogen-bond donors (Lipinski definition) is 2. The number of halogens is 2. The van der Waals surface area contributed by atoms with Crippen molar-refractivity contribution in [3.05, 3.63) is 124 Å². The number of rotatable bonds is 11. The minimum atomic E-state index is -3.04. The van der Waals surface area contributed by atoms with Crippen molar-refractivity contribution in [3.63, 3.8) is 0 Å². The molecule has 2 aliphatic heterocycles. The molecule has 2 N–H and O–H groups in total. The molecule has 3 aromatic carbocycles. The van der Waals surface area contributed by atoms with E-state index < -0.39 is 24.5 Å². The Labute approximate surface area is 262 Å². The van der Waals surface area contributed by atoms with Gasteiger partial charge < -0.3 is 24.8 Å². The van der Waals surface area contributed by atoms with E-state index in [1.807, 2.05) is 12.1 Å². The molecule has 7 nitrogen and oxygen atoms in total. The van der Waals surface area contributed by atoms with Gasteiger partial charge in [-0.1, -0.05) is 72.8 Å². The molecule has 45 heavy (non-hydrogen) atoms. The molecule has 1 atom stereocenters. The van der Waals surface area contributed by atoms with Gasteiger partial charge in [0.25, 0.3) is 0 Å². The fourth-order valence-corrected chi connectivity index (χ4v) is 6.70. The van der Waals surface area contributed by atoms with Gasteiger partial charge in [-0.2, -0.15) is 8.78 Å². The topological polar surface area (TPSA) is 88.1 Å². The lowest BCUT2D eigenvalue weighted by molar-refractivity contribution is -0.139. The van der Waals surface area contributed by atoms with Gasteiger partial charge in [-0.25, -0.2) is 9.59 Å². The molecule has 0 spiro atoms. The van der Waals surface area contributed by atoms with Crippen LogP contribution in [-0.4, -0.2) is 54.8 Å². The number of hydrogen-bond acceptors (Lipinski definition) is 6. The standard InChI is InChI=1S/C36H38F2N2O5/c1-24-30(33(41)42)32(26-11-9-16-29(23-26)45-35(37)38)31(25(2)39-24)34(43)44-22-10-19-40-20-17-36(18-21-40,27-12-5-3-6-13-27)28-14-7-4-8-15-28/h3-9,11-16,23,32,35,39H,10,17-22H2,1-2H3,(H,41,42). The fourth-order valence-electron chi connectivity index (χ4n) is 6.70. The molecule has 2 heterocycles. The van der Waals surface area contributed by atoms with E-state index in [0.717, 1.165) is 32.5 Å². The number of aliphatic carboxylic acids is 1. The maximum atomic E-state index is 13.5. The number of nitrogens with zero attached hydrogens (tertiary/aromatic N) is 1. The molecule has 9 heteroatoms. The summed E-state index contributed by atoms with van der Waals surface area (Å²) < 4.78 is 36.1. The number of carbonyl (C=O) groups is 2. The highest BCUT2D eigenvalue weighted by Gasteiger charge is 2.39. The molecule has 1 fully saturated rings. The van der Waals surface area contributed by atoms with Crippen molar-refractivity contribution in [3.8, 4) is 5.75 Å². The lowest BCUT2D eigenvalue weighted by atomic mass is 9.68. The zero-order chi connectivity index (χ0) is 32.0. The average Bonchev–Trinajstić information content (AvgIpc) is 3.03. The van der Waals surface area contributed by atoms with E-state index in [9.17, 15) is 23.5 Å². The van der Waals surface area contributed by atoms with E-state index in [0.29, 0.717) is 23.4 Å². The van der Waals surface area contributed by atoms with Crippen molar-refractivity contribution in [2.24, 2.45) is 0 Å². The smallest absolute Gasteiger partial charge is 0.387 e. The minimum Gasteiger partial charge on any atom is -0.478 e. The first-order valence-electron chi connectivity index (χ1n) is 15.2. The SMILES string of the molecule is CC1=C(C(=O)O)C(c2cccc(OC(F)F)c2)C(C(=O)OCCCN2CCC(c3ccccc3)(c3ccccc3)CC2)=C(C)N1. The summed E-state index contributed by atoms with van der Waals surface area (Å²) in [5, 5.41) is 13.0. The van der Waals surface area contributed by atoms with Crippen LogP contribution in [0.2, 0.25) is 0 Å². The van der Waals surface area contributed by atoms with Crippen molar-refractivity contribution in [2.45, 2.75) is 51.1 Å². The van der Waals surface area contributed by atoms with Crippen LogP contribution in [-0.2, 0) is 19.7 Å². The number of alkyl halides is 2. The first-order valence-corrected chi connectivity index (χ1v) is 15.2. The number of carboxylic acids is 1. The Bertz CT molecular complexity index is 1520. The van der Waals surface area contributed by atoms with E-state index in [1.54, 1.807) is 19.9 Å². The zero-order valence-electron chi connectivity index (χ0n) is 25.5. The van der Waals surface area contributed by atoms with Crippen LogP contribution in [0.3, 0.4) is 0 Å². The molecule has 236 valence electrons. The Kier molecular flexibility index (Phi) is 9.98. The van der Waals surface area contributed by atoms with Crippen LogP contribution in [0.5, 0.6) is 5.75 Å². The van der Waals surface area contributed by atoms with E-state index in [1.165, 1.54) is 29.3 Å². The van der Waals surface area contributed by atoms with Crippen LogP contribution in [0.1, 0.15) is 55.7 Å². The first-order chi connectivity index (χ1) is 21.7. The monoisotopic (exact) mass is 616 g/mol. The number of nitrogens with one attached hydrogen (secondary N) is 1. The lowest BCUT2D eigenvalue weighted by Gasteiger charge is -2.43. The van der Waals surface area contributed by atoms with Crippen LogP contribution in [0.4, 0.5) is 8.78 Å². The van der Waals surface area contributed by atoms with Crippen molar-refractivity contribution < 1.29 is 33.0 Å². The van der Waals surface area contributed by atoms with Gasteiger partial charge in [-0.3, -0.25) is 0 Å². The number of carbonyl (C=O) groups excluding carboxylic acids is 1. The van der Waals surface area contributed by atoms with Crippen LogP contribution >= 0.6 is 0 Å². The van der Waals surface area contributed by atoms with Gasteiger partial charge >= 0.3 is 18.6 Å². The Balaban J connectivity index is 1.24. The predicted molar refractivity (Wildman–Crippen MR) is 167 cm³/mol. The summed E-state index contributed by atoms with van der Waals surface area (Å²) >= 11 is 0. The Morgan fingerprint density at radius 1 is 0.911 bits per heavy atom. The molecule has 1 saturated heterocycles. The quantitative estimate of drug-likeness (QED) is 0.185. The summed E-state index contributed by atoms with van der Waals surface area (Å²) in [5.74, 6) is -3.03. The summed E-state index contributed by atoms with van der Waals surface area (Å²) in [7, 11) is 0. The van der Waals surface area contributed by atoms with E-state index in [4.69, 9.17) is 4.74 Å². The van der Waals surface area contributed by atoms with E-state index >= 15 is 0 Å². The van der Waals surface area contributed by atoms with Gasteiger partial charge in [0, 0.05) is 23.4 Å². The molecule has 5 rings (SSSR count). The minimum absolute atomic E-state index is 0.0519. The third kappa shape index (κ3) is 7.09. The second-order valence-corrected chi connectivity index (χ2v) is 11.5. The molecule has 0 saturated carbocycles. The number of ether oxygens (including phenoxy) is 2. The maximum absolute atomic E-state index is 13.5. The van der Waals surface area contributed by atoms with Crippen LogP contribution in [0.25, 0.3) is 0 Å². The molecule has 0 amide bonds. The van der Waals surface area contributed by atoms with E-state index in [2.05, 4.69) is 63.5 Å². The number of allylic oxidation sites excluding steroid dienone is 2. The number of esters is 1. The number of likely N-dealkylation sites (tertiary alicyclic amines) is 1. The Morgan fingerprint density at radius 3 is 2.09 bits per heavy atom. The van der Waals surface area contributed by atoms with Gasteiger partial charge in [0.15, 0.2) is 0 Å². The Morgan fingerprint density at radius 2 is 1.51 bits per heavy atom. The van der Waals surface area contributed by atoms with Gasteiger partial charge in [0.05, 0.1) is 23.7 Å². The lowest BCUT2D eigenvalue weighted by Crippen LogP contribution is -2.43. The molecule has 0 radical (unpaired) electrons. The van der Waals surface area contributed by atoms with Gasteiger partial charge in [0.2, 0.25) is 0 Å². The summed E-state index contributed by atoms with van der Waals surface area (Å²) in [4.78, 5) is 28.2. The predicted octanol–water partition coefficient (Wildman–Crippen LogP) is 6.62. The highest BCUT2D eigenvalue weighted by Crippen LogP contribution is 2.42. The summed E-state index contributed by atoms with van der Waals surface area (Å²) in [6.45, 7) is 2.93. The number of benzene rings is 3. The first kappa shape index (κ1) is 31.9. The van der Waals surface area contributed by atoms with Gasteiger partial charge in [-0.15, -0.1) is 0 Å². The van der Waals surface area contributed by atoms with Crippen LogP contribution in [0, 0.1) is 0 Å². The van der Waals surface area contributed by atoms with Crippen LogP contribution in [0.15, 0.2) is 107 Å². The number of piperidine rings is 1. The zero-order valence-corrected chi connectivity index (χ0v) is 25.5. The molecular weight excluding hydrogens is 578 g/mol. The van der Waals surface area contributed by atoms with Gasteiger partial charge in [-0.05, 0) is 75.0 Å². The highest BCUT2D eigenvalue weighted by molar-refractivity contribution is 5.99. The molecule has 3 aromatic rings. The molecule has 1 unspecified atom stereocenters. The third-order valence-electron chi connectivity index (χ3n) is 8.84. The number of carboxylic acid groups (broad SMARTS) is 1. The van der Waals surface area contributed by atoms with Crippen molar-refractivity contribution in [2.75, 3.05) is 26.2 Å². The molecule has 2 aliphatic rings. The fraction of sp³-hybridized carbons (Fsp3) is 0.333. The van der Waals surface area contributed by atoms with Gasteiger partial charge in [0.1, 0.15) is 5.75 Å². The number of dihydropyridines is 1. The molecule has 0 bridgehead atoms. The highest BCUT2D eigenvalue weighted by atomic mass is 19.3.